The Morgan fingerprint density at radius 2 is 1.79 bits per heavy atom. The summed E-state index contributed by atoms with van der Waals surface area (Å²) in [7, 11) is 0. The smallest absolute Gasteiger partial charge is 0.375 e. The van der Waals surface area contributed by atoms with Crippen molar-refractivity contribution >= 4 is 5.91 Å². The third kappa shape index (κ3) is 6.30. The maximum absolute atomic E-state index is 12.9. The lowest BCUT2D eigenvalue weighted by Crippen LogP contribution is -2.45. The Morgan fingerprint density at radius 3 is 2.55 bits per heavy atom. The van der Waals surface area contributed by atoms with Crippen molar-refractivity contribution in [1.82, 2.24) is 10.2 Å². The van der Waals surface area contributed by atoms with Crippen LogP contribution in [-0.4, -0.2) is 43.1 Å². The van der Waals surface area contributed by atoms with E-state index in [0.29, 0.717) is 38.0 Å². The molecule has 29 heavy (non-hydrogen) atoms. The number of benzene rings is 2. The first-order valence-corrected chi connectivity index (χ1v) is 9.71. The first-order chi connectivity index (χ1) is 13.9. The zero-order valence-electron chi connectivity index (χ0n) is 16.1. The third-order valence-corrected chi connectivity index (χ3v) is 4.95. The molecule has 0 aromatic heterocycles. The molecular weight excluding hydrogens is 381 g/mol. The maximum atomic E-state index is 12.9. The van der Waals surface area contributed by atoms with E-state index in [1.165, 1.54) is 6.07 Å². The lowest BCUT2D eigenvalue weighted by molar-refractivity contribution is -0.138. The highest BCUT2D eigenvalue weighted by Crippen LogP contribution is 2.29. The molecule has 1 atom stereocenters. The van der Waals surface area contributed by atoms with Crippen LogP contribution in [0.15, 0.2) is 54.6 Å². The van der Waals surface area contributed by atoms with Gasteiger partial charge in [-0.2, -0.15) is 13.2 Å². The molecule has 0 radical (unpaired) electrons. The minimum Gasteiger partial charge on any atom is -0.375 e. The van der Waals surface area contributed by atoms with Crippen LogP contribution in [0.2, 0.25) is 0 Å². The van der Waals surface area contributed by atoms with Gasteiger partial charge in [0.2, 0.25) is 5.91 Å². The summed E-state index contributed by atoms with van der Waals surface area (Å²) in [4.78, 5) is 14.4. The number of ether oxygens (including phenoxy) is 1. The Morgan fingerprint density at radius 1 is 1.03 bits per heavy atom. The number of alkyl halides is 3. The van der Waals surface area contributed by atoms with Crippen LogP contribution in [-0.2, 0) is 28.7 Å². The molecule has 0 aliphatic carbocycles. The van der Waals surface area contributed by atoms with Crippen LogP contribution in [0.5, 0.6) is 0 Å². The third-order valence-electron chi connectivity index (χ3n) is 4.95. The van der Waals surface area contributed by atoms with E-state index in [9.17, 15) is 18.0 Å². The van der Waals surface area contributed by atoms with Crippen LogP contribution in [0.4, 0.5) is 13.2 Å². The Balaban J connectivity index is 1.67. The van der Waals surface area contributed by atoms with E-state index in [2.05, 4.69) is 5.32 Å². The maximum Gasteiger partial charge on any atom is 0.416 e. The quantitative estimate of drug-likeness (QED) is 0.763. The van der Waals surface area contributed by atoms with Gasteiger partial charge >= 0.3 is 6.18 Å². The highest BCUT2D eigenvalue weighted by atomic mass is 19.4. The largest absolute Gasteiger partial charge is 0.416 e. The molecule has 1 heterocycles. The van der Waals surface area contributed by atoms with E-state index in [1.54, 1.807) is 6.07 Å². The van der Waals surface area contributed by atoms with E-state index >= 15 is 0 Å². The van der Waals surface area contributed by atoms with Gasteiger partial charge in [0, 0.05) is 26.1 Å². The summed E-state index contributed by atoms with van der Waals surface area (Å²) in [5.74, 6) is 0.0681. The average Bonchev–Trinajstić information content (AvgIpc) is 2.92. The number of hydrogen-bond donors (Lipinski definition) is 1. The Labute approximate surface area is 168 Å². The predicted molar refractivity (Wildman–Crippen MR) is 104 cm³/mol. The van der Waals surface area contributed by atoms with Crippen LogP contribution in [0.25, 0.3) is 0 Å². The van der Waals surface area contributed by atoms with Crippen molar-refractivity contribution in [2.45, 2.75) is 31.7 Å². The molecule has 1 aliphatic heterocycles. The first-order valence-electron chi connectivity index (χ1n) is 9.71. The Bertz CT molecular complexity index is 796. The number of carbonyl (C=O) groups is 1. The molecule has 1 saturated heterocycles. The number of nitrogens with one attached hydrogen (secondary N) is 1. The first kappa shape index (κ1) is 21.3. The molecule has 3 rings (SSSR count). The second kappa shape index (κ2) is 9.89. The zero-order valence-corrected chi connectivity index (χ0v) is 16.1. The minimum absolute atomic E-state index is 0.0650. The van der Waals surface area contributed by atoms with E-state index in [0.717, 1.165) is 17.7 Å². The minimum atomic E-state index is -4.38. The number of amides is 1. The normalized spacial score (nSPS) is 16.5. The fraction of sp³-hybridized carbons (Fsp3) is 0.409. The second-order valence-electron chi connectivity index (χ2n) is 7.14. The molecule has 2 aromatic carbocycles. The molecular formula is C22H25F3N2O2. The van der Waals surface area contributed by atoms with Crippen LogP contribution in [0, 0.1) is 0 Å². The molecule has 0 bridgehead atoms. The molecule has 1 fully saturated rings. The van der Waals surface area contributed by atoms with Crippen molar-refractivity contribution in [1.29, 1.82) is 0 Å². The summed E-state index contributed by atoms with van der Waals surface area (Å²) in [5.41, 5.74) is 0.862. The van der Waals surface area contributed by atoms with Gasteiger partial charge in [-0.15, -0.1) is 0 Å². The van der Waals surface area contributed by atoms with Crippen molar-refractivity contribution in [2.24, 2.45) is 0 Å². The number of rotatable bonds is 7. The van der Waals surface area contributed by atoms with Gasteiger partial charge in [-0.1, -0.05) is 42.5 Å². The van der Waals surface area contributed by atoms with Gasteiger partial charge in [-0.3, -0.25) is 4.79 Å². The molecule has 0 spiro atoms. The molecule has 7 heteroatoms. The number of nitrogens with zero attached hydrogens (tertiary/aromatic N) is 1. The Kier molecular flexibility index (Phi) is 7.28. The van der Waals surface area contributed by atoms with Crippen molar-refractivity contribution < 1.29 is 22.7 Å². The van der Waals surface area contributed by atoms with Gasteiger partial charge in [0.1, 0.15) is 0 Å². The molecule has 2 aromatic rings. The fourth-order valence-electron chi connectivity index (χ4n) is 3.47. The lowest BCUT2D eigenvalue weighted by atomic mass is 10.0. The van der Waals surface area contributed by atoms with Gasteiger partial charge in [-0.25, -0.2) is 0 Å². The molecule has 0 saturated carbocycles. The lowest BCUT2D eigenvalue weighted by Gasteiger charge is -2.31. The number of hydrogen-bond acceptors (Lipinski definition) is 3. The van der Waals surface area contributed by atoms with Crippen LogP contribution >= 0.6 is 0 Å². The summed E-state index contributed by atoms with van der Waals surface area (Å²) in [6.45, 7) is 2.28. The summed E-state index contributed by atoms with van der Waals surface area (Å²) in [6, 6.07) is 14.8. The standard InChI is InChI=1S/C22H25F3N2O2/c23-22(24,25)19-8-4-7-18(13-19)15-29-16-20(14-17-5-2-1-3-6-17)27-12-11-26-10-9-21(27)28/h1-8,13,20,26H,9-12,14-16H2/t20-/m0/s1. The highest BCUT2D eigenvalue weighted by molar-refractivity contribution is 5.77. The molecule has 156 valence electrons. The topological polar surface area (TPSA) is 41.6 Å². The average molecular weight is 406 g/mol. The Hall–Kier alpha value is -2.38. The van der Waals surface area contributed by atoms with Crippen molar-refractivity contribution in [3.05, 3.63) is 71.3 Å². The van der Waals surface area contributed by atoms with Crippen LogP contribution in [0.1, 0.15) is 23.1 Å². The van der Waals surface area contributed by atoms with E-state index in [4.69, 9.17) is 4.74 Å². The predicted octanol–water partition coefficient (Wildman–Crippen LogP) is 3.66. The second-order valence-corrected chi connectivity index (χ2v) is 7.14. The van der Waals surface area contributed by atoms with Gasteiger partial charge in [0.05, 0.1) is 24.8 Å². The van der Waals surface area contributed by atoms with E-state index in [1.807, 2.05) is 35.2 Å². The van der Waals surface area contributed by atoms with E-state index < -0.39 is 11.7 Å². The van der Waals surface area contributed by atoms with Crippen molar-refractivity contribution in [3.8, 4) is 0 Å². The molecule has 1 amide bonds. The monoisotopic (exact) mass is 406 g/mol. The highest BCUT2D eigenvalue weighted by Gasteiger charge is 2.30. The summed E-state index contributed by atoms with van der Waals surface area (Å²) < 4.78 is 44.5. The van der Waals surface area contributed by atoms with Gasteiger partial charge in [0.15, 0.2) is 0 Å². The van der Waals surface area contributed by atoms with Gasteiger partial charge in [0.25, 0.3) is 0 Å². The summed E-state index contributed by atoms with van der Waals surface area (Å²) >= 11 is 0. The van der Waals surface area contributed by atoms with Gasteiger partial charge in [-0.05, 0) is 29.7 Å². The summed E-state index contributed by atoms with van der Waals surface area (Å²) in [6.07, 6.45) is -3.31. The number of halogens is 3. The van der Waals surface area contributed by atoms with Crippen molar-refractivity contribution in [3.63, 3.8) is 0 Å². The van der Waals surface area contributed by atoms with Crippen LogP contribution in [0.3, 0.4) is 0 Å². The van der Waals surface area contributed by atoms with E-state index in [-0.39, 0.29) is 25.2 Å². The van der Waals surface area contributed by atoms with Crippen LogP contribution < -0.4 is 5.32 Å². The fourth-order valence-corrected chi connectivity index (χ4v) is 3.47. The summed E-state index contributed by atoms with van der Waals surface area (Å²) in [5, 5.41) is 3.22. The zero-order chi connectivity index (χ0) is 20.7. The SMILES string of the molecule is O=C1CCNCCN1[C@H](COCc1cccc(C(F)(F)F)c1)Cc1ccccc1. The molecule has 1 aliphatic rings. The molecule has 4 nitrogen and oxygen atoms in total. The number of carbonyl (C=O) groups excluding carboxylic acids is 1. The molecule has 1 N–H and O–H groups in total. The van der Waals surface area contributed by atoms with Gasteiger partial charge < -0.3 is 15.0 Å². The van der Waals surface area contributed by atoms with Crippen molar-refractivity contribution in [2.75, 3.05) is 26.2 Å². The molecule has 0 unspecified atom stereocenters.